The Balaban J connectivity index is 1.83. The van der Waals surface area contributed by atoms with Crippen molar-refractivity contribution in [3.8, 4) is 0 Å². The second-order valence-corrected chi connectivity index (χ2v) is 5.46. The summed E-state index contributed by atoms with van der Waals surface area (Å²) in [6.07, 6.45) is 4.11. The van der Waals surface area contributed by atoms with Crippen LogP contribution in [-0.2, 0) is 11.2 Å². The molecule has 0 amide bonds. The van der Waals surface area contributed by atoms with E-state index in [1.807, 2.05) is 36.4 Å². The molecule has 3 heteroatoms. The van der Waals surface area contributed by atoms with E-state index in [0.717, 1.165) is 42.3 Å². The maximum atomic E-state index is 12.3. The lowest BCUT2D eigenvalue weighted by atomic mass is 9.90. The van der Waals surface area contributed by atoms with Crippen LogP contribution < -0.4 is 5.73 Å². The number of hydrogen-bond donors (Lipinski definition) is 1. The number of aromatic nitrogens is 1. The van der Waals surface area contributed by atoms with Crippen molar-refractivity contribution in [3.05, 3.63) is 42.1 Å². The zero-order chi connectivity index (χ0) is 13.3. The summed E-state index contributed by atoms with van der Waals surface area (Å²) in [6.45, 7) is 0. The summed E-state index contributed by atoms with van der Waals surface area (Å²) in [7, 11) is 0. The molecule has 1 saturated carbocycles. The first-order valence-electron chi connectivity index (χ1n) is 6.84. The van der Waals surface area contributed by atoms with Gasteiger partial charge in [0.2, 0.25) is 0 Å². The summed E-state index contributed by atoms with van der Waals surface area (Å²) >= 11 is 0. The monoisotopic (exact) mass is 254 g/mol. The van der Waals surface area contributed by atoms with Gasteiger partial charge in [-0.15, -0.1) is 0 Å². The van der Waals surface area contributed by atoms with Crippen molar-refractivity contribution in [1.29, 1.82) is 0 Å². The van der Waals surface area contributed by atoms with Gasteiger partial charge in [-0.1, -0.05) is 37.1 Å². The number of fused-ring (bicyclic) bond motifs is 1. The Labute approximate surface area is 112 Å². The molecule has 0 unspecified atom stereocenters. The zero-order valence-electron chi connectivity index (χ0n) is 10.9. The number of ketones is 1. The highest BCUT2D eigenvalue weighted by Crippen LogP contribution is 2.29. The zero-order valence-corrected chi connectivity index (χ0v) is 10.9. The second kappa shape index (κ2) is 4.74. The average molecular weight is 254 g/mol. The molecule has 1 aliphatic carbocycles. The highest BCUT2D eigenvalue weighted by Gasteiger charge is 2.36. The molecular weight excluding hydrogens is 236 g/mol. The van der Waals surface area contributed by atoms with E-state index in [2.05, 4.69) is 4.98 Å². The molecule has 0 radical (unpaired) electrons. The molecule has 0 bridgehead atoms. The van der Waals surface area contributed by atoms with Crippen molar-refractivity contribution in [2.75, 3.05) is 0 Å². The van der Waals surface area contributed by atoms with Gasteiger partial charge in [-0.05, 0) is 25.0 Å². The quantitative estimate of drug-likeness (QED) is 0.916. The third-order valence-corrected chi connectivity index (χ3v) is 4.05. The van der Waals surface area contributed by atoms with Crippen molar-refractivity contribution < 1.29 is 4.79 Å². The molecule has 0 aliphatic heterocycles. The van der Waals surface area contributed by atoms with Crippen molar-refractivity contribution in [3.63, 3.8) is 0 Å². The molecule has 2 aromatic rings. The minimum absolute atomic E-state index is 0.132. The minimum atomic E-state index is -0.604. The van der Waals surface area contributed by atoms with Gasteiger partial charge in [0.1, 0.15) is 0 Å². The van der Waals surface area contributed by atoms with Gasteiger partial charge in [-0.2, -0.15) is 0 Å². The van der Waals surface area contributed by atoms with Crippen molar-refractivity contribution in [1.82, 2.24) is 4.98 Å². The van der Waals surface area contributed by atoms with Gasteiger partial charge in [0.05, 0.1) is 17.5 Å². The molecule has 1 aromatic heterocycles. The van der Waals surface area contributed by atoms with Crippen molar-refractivity contribution in [2.24, 2.45) is 5.73 Å². The lowest BCUT2D eigenvalue weighted by molar-refractivity contribution is -0.123. The molecule has 0 saturated heterocycles. The smallest absolute Gasteiger partial charge is 0.158 e. The Hall–Kier alpha value is -1.74. The van der Waals surface area contributed by atoms with Crippen LogP contribution in [0.2, 0.25) is 0 Å². The lowest BCUT2D eigenvalue weighted by Gasteiger charge is -2.21. The van der Waals surface area contributed by atoms with E-state index in [0.29, 0.717) is 6.42 Å². The van der Waals surface area contributed by atoms with Crippen molar-refractivity contribution in [2.45, 2.75) is 37.6 Å². The Bertz CT molecular complexity index is 615. The summed E-state index contributed by atoms with van der Waals surface area (Å²) < 4.78 is 0. The highest BCUT2D eigenvalue weighted by atomic mass is 16.1. The van der Waals surface area contributed by atoms with Crippen LogP contribution in [0, 0.1) is 0 Å². The van der Waals surface area contributed by atoms with Crippen LogP contribution in [0.5, 0.6) is 0 Å². The summed E-state index contributed by atoms with van der Waals surface area (Å²) in [5, 5.41) is 1.10. The third-order valence-electron chi connectivity index (χ3n) is 4.05. The fourth-order valence-electron chi connectivity index (χ4n) is 2.83. The van der Waals surface area contributed by atoms with Gasteiger partial charge < -0.3 is 5.73 Å². The minimum Gasteiger partial charge on any atom is -0.319 e. The maximum Gasteiger partial charge on any atom is 0.158 e. The normalized spacial score (nSPS) is 17.7. The predicted molar refractivity (Wildman–Crippen MR) is 75.8 cm³/mol. The van der Waals surface area contributed by atoms with Gasteiger partial charge in [0, 0.05) is 11.1 Å². The van der Waals surface area contributed by atoms with Gasteiger partial charge in [-0.25, -0.2) is 0 Å². The number of carbonyl (C=O) groups excluding carboxylic acids is 1. The number of nitrogens with zero attached hydrogens (tertiary/aromatic N) is 1. The number of benzene rings is 1. The first-order chi connectivity index (χ1) is 9.17. The molecule has 0 spiro atoms. The van der Waals surface area contributed by atoms with Crippen LogP contribution in [0.15, 0.2) is 36.4 Å². The van der Waals surface area contributed by atoms with Crippen LogP contribution >= 0.6 is 0 Å². The summed E-state index contributed by atoms with van der Waals surface area (Å²) in [4.78, 5) is 16.8. The molecule has 0 atom stereocenters. The molecule has 3 nitrogen and oxygen atoms in total. The number of hydrogen-bond acceptors (Lipinski definition) is 3. The number of rotatable bonds is 3. The average Bonchev–Trinajstić information content (AvgIpc) is 2.87. The van der Waals surface area contributed by atoms with E-state index in [4.69, 9.17) is 5.73 Å². The Kier molecular flexibility index (Phi) is 3.07. The molecule has 1 aromatic carbocycles. The number of para-hydroxylation sites is 1. The van der Waals surface area contributed by atoms with E-state index < -0.39 is 5.54 Å². The Morgan fingerprint density at radius 1 is 1.16 bits per heavy atom. The van der Waals surface area contributed by atoms with Crippen molar-refractivity contribution >= 4 is 16.7 Å². The van der Waals surface area contributed by atoms with Gasteiger partial charge >= 0.3 is 0 Å². The Morgan fingerprint density at radius 2 is 1.89 bits per heavy atom. The van der Waals surface area contributed by atoms with E-state index in [1.165, 1.54) is 0 Å². The largest absolute Gasteiger partial charge is 0.319 e. The maximum absolute atomic E-state index is 12.3. The predicted octanol–water partition coefficient (Wildman–Crippen LogP) is 2.62. The van der Waals surface area contributed by atoms with E-state index in [-0.39, 0.29) is 5.78 Å². The fraction of sp³-hybridized carbons (Fsp3) is 0.375. The van der Waals surface area contributed by atoms with Crippen LogP contribution in [0.3, 0.4) is 0 Å². The van der Waals surface area contributed by atoms with Crippen LogP contribution in [-0.4, -0.2) is 16.3 Å². The Morgan fingerprint density at radius 3 is 2.68 bits per heavy atom. The summed E-state index contributed by atoms with van der Waals surface area (Å²) in [6, 6.07) is 11.9. The SMILES string of the molecule is NC1(C(=O)Cc2ccc3ccccc3n2)CCCC1. The van der Waals surface area contributed by atoms with Crippen LogP contribution in [0.25, 0.3) is 10.9 Å². The van der Waals surface area contributed by atoms with E-state index >= 15 is 0 Å². The number of carbonyl (C=O) groups is 1. The van der Waals surface area contributed by atoms with Gasteiger partial charge in [0.15, 0.2) is 5.78 Å². The molecule has 3 rings (SSSR count). The molecular formula is C16H18N2O. The van der Waals surface area contributed by atoms with Gasteiger partial charge in [0.25, 0.3) is 0 Å². The van der Waals surface area contributed by atoms with E-state index in [9.17, 15) is 4.79 Å². The summed E-state index contributed by atoms with van der Waals surface area (Å²) in [5.41, 5.74) is 7.34. The molecule has 1 aliphatic rings. The number of Topliss-reactive ketones (excluding diaryl/α,β-unsaturated/α-hetero) is 1. The first-order valence-corrected chi connectivity index (χ1v) is 6.84. The topological polar surface area (TPSA) is 56.0 Å². The first kappa shape index (κ1) is 12.3. The second-order valence-electron chi connectivity index (χ2n) is 5.46. The molecule has 19 heavy (non-hydrogen) atoms. The number of pyridine rings is 1. The highest BCUT2D eigenvalue weighted by molar-refractivity contribution is 5.90. The summed E-state index contributed by atoms with van der Waals surface area (Å²) in [5.74, 6) is 0.132. The lowest BCUT2D eigenvalue weighted by Crippen LogP contribution is -2.46. The van der Waals surface area contributed by atoms with Crippen LogP contribution in [0.1, 0.15) is 31.4 Å². The standard InChI is InChI=1S/C16H18N2O/c17-16(9-3-4-10-16)15(19)11-13-8-7-12-5-1-2-6-14(12)18-13/h1-2,5-8H,3-4,9-11,17H2. The fourth-order valence-corrected chi connectivity index (χ4v) is 2.83. The van der Waals surface area contributed by atoms with Crippen LogP contribution in [0.4, 0.5) is 0 Å². The molecule has 1 fully saturated rings. The van der Waals surface area contributed by atoms with Gasteiger partial charge in [-0.3, -0.25) is 9.78 Å². The number of nitrogens with two attached hydrogens (primary N) is 1. The third kappa shape index (κ3) is 2.38. The molecule has 2 N–H and O–H groups in total. The molecule has 98 valence electrons. The van der Waals surface area contributed by atoms with E-state index in [1.54, 1.807) is 0 Å². The molecule has 1 heterocycles.